The second-order valence-corrected chi connectivity index (χ2v) is 4.96. The van der Waals surface area contributed by atoms with E-state index in [-0.39, 0.29) is 5.91 Å². The van der Waals surface area contributed by atoms with Gasteiger partial charge >= 0.3 is 0 Å². The lowest BCUT2D eigenvalue weighted by Gasteiger charge is -2.25. The average molecular weight is 252 g/mol. The summed E-state index contributed by atoms with van der Waals surface area (Å²) in [5.74, 6) is 4.76. The predicted octanol–water partition coefficient (Wildman–Crippen LogP) is -0.112. The normalized spacial score (nSPS) is 11.7. The van der Waals surface area contributed by atoms with Crippen molar-refractivity contribution in [1.29, 1.82) is 0 Å². The highest BCUT2D eigenvalue weighted by atomic mass is 16.3. The molecular formula is C12H20N4O2. The van der Waals surface area contributed by atoms with E-state index >= 15 is 0 Å². The maximum absolute atomic E-state index is 11.6. The minimum absolute atomic E-state index is 0.366. The molecule has 6 heteroatoms. The molecule has 1 rings (SSSR count). The quantitative estimate of drug-likeness (QED) is 0.386. The molecule has 0 aliphatic heterocycles. The van der Waals surface area contributed by atoms with Crippen molar-refractivity contribution in [2.75, 3.05) is 13.6 Å². The number of carbonyl (C=O) groups is 1. The number of rotatable bonds is 5. The van der Waals surface area contributed by atoms with Crippen molar-refractivity contribution in [3.8, 4) is 0 Å². The lowest BCUT2D eigenvalue weighted by atomic mass is 10.1. The fourth-order valence-electron chi connectivity index (χ4n) is 1.82. The Bertz CT molecular complexity index is 415. The molecule has 0 fully saturated rings. The van der Waals surface area contributed by atoms with Gasteiger partial charge < -0.3 is 5.11 Å². The number of aliphatic hydroxyl groups is 1. The first-order valence-electron chi connectivity index (χ1n) is 5.69. The van der Waals surface area contributed by atoms with E-state index in [4.69, 9.17) is 5.84 Å². The molecule has 0 unspecified atom stereocenters. The molecule has 1 heterocycles. The summed E-state index contributed by atoms with van der Waals surface area (Å²) in [6.07, 6.45) is 1.63. The Hall–Kier alpha value is -1.50. The van der Waals surface area contributed by atoms with Gasteiger partial charge in [0.2, 0.25) is 0 Å². The molecule has 1 aromatic heterocycles. The van der Waals surface area contributed by atoms with E-state index in [1.807, 2.05) is 11.9 Å². The maximum atomic E-state index is 11.6. The van der Waals surface area contributed by atoms with Crippen LogP contribution in [0.15, 0.2) is 18.3 Å². The van der Waals surface area contributed by atoms with Gasteiger partial charge in [0.15, 0.2) is 0 Å². The van der Waals surface area contributed by atoms with Crippen LogP contribution in [0, 0.1) is 0 Å². The van der Waals surface area contributed by atoms with E-state index in [1.54, 1.807) is 32.2 Å². The number of amides is 1. The third-order valence-corrected chi connectivity index (χ3v) is 2.34. The molecule has 0 radical (unpaired) electrons. The van der Waals surface area contributed by atoms with Crippen molar-refractivity contribution in [2.45, 2.75) is 26.0 Å². The average Bonchev–Trinajstić information content (AvgIpc) is 2.26. The lowest BCUT2D eigenvalue weighted by Crippen LogP contribution is -2.37. The van der Waals surface area contributed by atoms with Crippen molar-refractivity contribution in [2.24, 2.45) is 5.84 Å². The first kappa shape index (κ1) is 14.6. The largest absolute Gasteiger partial charge is 0.389 e. The summed E-state index contributed by atoms with van der Waals surface area (Å²) in [7, 11) is 1.86. The van der Waals surface area contributed by atoms with Crippen LogP contribution in [-0.4, -0.2) is 40.1 Å². The van der Waals surface area contributed by atoms with Crippen LogP contribution in [-0.2, 0) is 6.54 Å². The monoisotopic (exact) mass is 252 g/mol. The fraction of sp³-hybridized carbons (Fsp3) is 0.500. The van der Waals surface area contributed by atoms with Crippen molar-refractivity contribution in [3.63, 3.8) is 0 Å². The van der Waals surface area contributed by atoms with Crippen LogP contribution in [0.25, 0.3) is 0 Å². The zero-order chi connectivity index (χ0) is 13.8. The molecule has 1 amide bonds. The Morgan fingerprint density at radius 1 is 1.61 bits per heavy atom. The van der Waals surface area contributed by atoms with Gasteiger partial charge in [-0.2, -0.15) is 0 Å². The minimum Gasteiger partial charge on any atom is -0.389 e. The molecule has 100 valence electrons. The van der Waals surface area contributed by atoms with Gasteiger partial charge in [0.05, 0.1) is 16.9 Å². The third-order valence-electron chi connectivity index (χ3n) is 2.34. The summed E-state index contributed by atoms with van der Waals surface area (Å²) in [6, 6.07) is 3.35. The number of carbonyl (C=O) groups excluding carboxylic acids is 1. The highest BCUT2D eigenvalue weighted by molar-refractivity contribution is 5.94. The number of hydrogen-bond donors (Lipinski definition) is 3. The number of nitrogen functional groups attached to an aromatic ring is 1. The van der Waals surface area contributed by atoms with E-state index < -0.39 is 5.60 Å². The van der Waals surface area contributed by atoms with Crippen molar-refractivity contribution in [1.82, 2.24) is 15.3 Å². The van der Waals surface area contributed by atoms with Gasteiger partial charge in [-0.3, -0.25) is 20.1 Å². The van der Waals surface area contributed by atoms with E-state index in [2.05, 4.69) is 10.4 Å². The van der Waals surface area contributed by atoms with E-state index in [1.165, 1.54) is 0 Å². The molecule has 0 saturated carbocycles. The Balaban J connectivity index is 2.81. The van der Waals surface area contributed by atoms with Crippen LogP contribution in [0.2, 0.25) is 0 Å². The summed E-state index contributed by atoms with van der Waals surface area (Å²) in [4.78, 5) is 17.6. The first-order valence-corrected chi connectivity index (χ1v) is 5.69. The van der Waals surface area contributed by atoms with Gasteiger partial charge in [-0.05, 0) is 33.0 Å². The Kier molecular flexibility index (Phi) is 4.77. The minimum atomic E-state index is -0.792. The molecule has 0 aliphatic carbocycles. The number of hydrogen-bond acceptors (Lipinski definition) is 5. The molecule has 1 aromatic rings. The van der Waals surface area contributed by atoms with Crippen LogP contribution in [0.4, 0.5) is 0 Å². The summed E-state index contributed by atoms with van der Waals surface area (Å²) >= 11 is 0. The molecule has 6 nitrogen and oxygen atoms in total. The van der Waals surface area contributed by atoms with Crippen LogP contribution >= 0.6 is 0 Å². The second kappa shape index (κ2) is 5.90. The molecule has 4 N–H and O–H groups in total. The van der Waals surface area contributed by atoms with Crippen molar-refractivity contribution >= 4 is 5.91 Å². The van der Waals surface area contributed by atoms with Gasteiger partial charge in [-0.15, -0.1) is 0 Å². The molecule has 0 atom stereocenters. The number of likely N-dealkylation sites (N-methyl/N-ethyl adjacent to an activating group) is 1. The molecule has 0 aromatic carbocycles. The summed E-state index contributed by atoms with van der Waals surface area (Å²) < 4.78 is 0. The Morgan fingerprint density at radius 2 is 2.28 bits per heavy atom. The topological polar surface area (TPSA) is 91.5 Å². The first-order chi connectivity index (χ1) is 8.33. The third kappa shape index (κ3) is 4.40. The van der Waals surface area contributed by atoms with Gasteiger partial charge in [-0.1, -0.05) is 0 Å². The van der Waals surface area contributed by atoms with Crippen LogP contribution in [0.3, 0.4) is 0 Å². The Morgan fingerprint density at radius 3 is 2.83 bits per heavy atom. The molecule has 18 heavy (non-hydrogen) atoms. The van der Waals surface area contributed by atoms with Gasteiger partial charge in [0.25, 0.3) is 5.91 Å². The lowest BCUT2D eigenvalue weighted by molar-refractivity contribution is 0.0421. The summed E-state index contributed by atoms with van der Waals surface area (Å²) in [6.45, 7) is 4.41. The number of nitrogens with zero attached hydrogens (tertiary/aromatic N) is 2. The highest BCUT2D eigenvalue weighted by Gasteiger charge is 2.18. The van der Waals surface area contributed by atoms with E-state index in [0.717, 1.165) is 0 Å². The second-order valence-electron chi connectivity index (χ2n) is 4.96. The number of aromatic nitrogens is 1. The molecular weight excluding hydrogens is 232 g/mol. The fourth-order valence-corrected chi connectivity index (χ4v) is 1.82. The zero-order valence-corrected chi connectivity index (χ0v) is 11.0. The van der Waals surface area contributed by atoms with Crippen molar-refractivity contribution < 1.29 is 9.90 Å². The van der Waals surface area contributed by atoms with Gasteiger partial charge in [0.1, 0.15) is 0 Å². The number of nitrogens with two attached hydrogens (primary N) is 1. The number of pyridine rings is 1. The smallest absolute Gasteiger partial charge is 0.267 e. The standard InChI is InChI=1S/C12H20N4O2/c1-12(2,18)8-16(3)7-10-9(11(17)15-13)5-4-6-14-10/h4-6,18H,7-8,13H2,1-3H3,(H,15,17). The number of hydrazine groups is 1. The van der Waals surface area contributed by atoms with Crippen LogP contribution in [0.5, 0.6) is 0 Å². The molecule has 0 saturated heterocycles. The molecule has 0 bridgehead atoms. The van der Waals surface area contributed by atoms with E-state index in [0.29, 0.717) is 24.3 Å². The summed E-state index contributed by atoms with van der Waals surface area (Å²) in [5.41, 5.74) is 2.38. The van der Waals surface area contributed by atoms with Gasteiger partial charge in [0, 0.05) is 19.3 Å². The number of nitrogens with one attached hydrogen (secondary N) is 1. The van der Waals surface area contributed by atoms with E-state index in [9.17, 15) is 9.90 Å². The SMILES string of the molecule is CN(Cc1ncccc1C(=O)NN)CC(C)(C)O. The highest BCUT2D eigenvalue weighted by Crippen LogP contribution is 2.10. The van der Waals surface area contributed by atoms with Crippen LogP contribution < -0.4 is 11.3 Å². The molecule has 0 spiro atoms. The Labute approximate surface area is 107 Å². The zero-order valence-electron chi connectivity index (χ0n) is 11.0. The predicted molar refractivity (Wildman–Crippen MR) is 68.5 cm³/mol. The molecule has 0 aliphatic rings. The van der Waals surface area contributed by atoms with Gasteiger partial charge in [-0.25, -0.2) is 5.84 Å². The summed E-state index contributed by atoms with van der Waals surface area (Å²) in [5, 5.41) is 9.73. The maximum Gasteiger partial charge on any atom is 0.267 e. The van der Waals surface area contributed by atoms with Crippen molar-refractivity contribution in [3.05, 3.63) is 29.6 Å². The van der Waals surface area contributed by atoms with Crippen LogP contribution in [0.1, 0.15) is 29.9 Å².